The number of fused-ring (bicyclic) bond motifs is 2. The summed E-state index contributed by atoms with van der Waals surface area (Å²) < 4.78 is 0. The fraction of sp³-hybridized carbons (Fsp3) is 0.0769. The third-order valence-electron chi connectivity index (χ3n) is 2.61. The molecule has 0 amide bonds. The van der Waals surface area contributed by atoms with Gasteiger partial charge in [0.1, 0.15) is 0 Å². The highest BCUT2D eigenvalue weighted by Gasteiger charge is 2.10. The first-order chi connectivity index (χ1) is 7.45. The Labute approximate surface area is 87.7 Å². The van der Waals surface area contributed by atoms with Crippen molar-refractivity contribution < 1.29 is 0 Å². The van der Waals surface area contributed by atoms with Crippen LogP contribution in [0.15, 0.2) is 58.3 Å². The minimum Gasteiger partial charge on any atom is -0.269 e. The second kappa shape index (κ2) is 3.31. The Hall–Kier alpha value is -1.96. The fourth-order valence-electron chi connectivity index (χ4n) is 1.90. The third-order valence-corrected chi connectivity index (χ3v) is 2.61. The smallest absolute Gasteiger partial charge is 0.0713 e. The largest absolute Gasteiger partial charge is 0.269 e. The van der Waals surface area contributed by atoms with E-state index in [0.717, 1.165) is 17.5 Å². The molecule has 0 saturated heterocycles. The van der Waals surface area contributed by atoms with Crippen molar-refractivity contribution in [1.29, 1.82) is 0 Å². The van der Waals surface area contributed by atoms with Gasteiger partial charge in [0.15, 0.2) is 0 Å². The van der Waals surface area contributed by atoms with Gasteiger partial charge in [0.05, 0.1) is 11.1 Å². The molecule has 2 heteroatoms. The highest BCUT2D eigenvalue weighted by atomic mass is 14.8. The summed E-state index contributed by atoms with van der Waals surface area (Å²) in [6.07, 6.45) is 8.53. The summed E-state index contributed by atoms with van der Waals surface area (Å²) in [5.41, 5.74) is 2.34. The lowest BCUT2D eigenvalue weighted by molar-refractivity contribution is 1.30. The van der Waals surface area contributed by atoms with Gasteiger partial charge in [-0.2, -0.15) is 0 Å². The van der Waals surface area contributed by atoms with Gasteiger partial charge in [0.2, 0.25) is 0 Å². The molecule has 0 spiro atoms. The molecule has 0 N–H and O–H groups in total. The van der Waals surface area contributed by atoms with Gasteiger partial charge in [0, 0.05) is 24.1 Å². The normalized spacial score (nSPS) is 22.9. The first-order valence-corrected chi connectivity index (χ1v) is 5.01. The van der Waals surface area contributed by atoms with Gasteiger partial charge in [-0.25, -0.2) is 4.99 Å². The molecular weight excluding hydrogens is 184 g/mol. The van der Waals surface area contributed by atoms with Crippen molar-refractivity contribution in [3.8, 4) is 0 Å². The van der Waals surface area contributed by atoms with Crippen LogP contribution in [0.3, 0.4) is 0 Å². The van der Waals surface area contributed by atoms with Gasteiger partial charge in [-0.05, 0) is 23.8 Å². The molecule has 0 fully saturated rings. The Balaban J connectivity index is 2.35. The van der Waals surface area contributed by atoms with Crippen molar-refractivity contribution in [2.24, 2.45) is 9.98 Å². The van der Waals surface area contributed by atoms with Crippen LogP contribution >= 0.6 is 0 Å². The molecule has 15 heavy (non-hydrogen) atoms. The second-order valence-corrected chi connectivity index (χ2v) is 3.54. The molecule has 2 nitrogen and oxygen atoms in total. The lowest BCUT2D eigenvalue weighted by atomic mass is 10.1. The molecular formula is C13H10N2. The van der Waals surface area contributed by atoms with Crippen LogP contribution in [-0.4, -0.2) is 6.21 Å². The van der Waals surface area contributed by atoms with E-state index in [1.54, 1.807) is 6.20 Å². The Bertz CT molecular complexity index is 604. The number of hydrogen-bond acceptors (Lipinski definition) is 2. The molecule has 0 saturated carbocycles. The average Bonchev–Trinajstić information content (AvgIpc) is 2.55. The van der Waals surface area contributed by atoms with Crippen molar-refractivity contribution in [2.75, 3.05) is 0 Å². The molecule has 0 atom stereocenters. The summed E-state index contributed by atoms with van der Waals surface area (Å²) in [5.74, 6) is 0. The molecule has 1 aromatic carbocycles. The van der Waals surface area contributed by atoms with Crippen LogP contribution in [-0.2, 0) is 0 Å². The standard InChI is InChI=1S/C13H10N2/c1-2-5-12-10(4-1)11-7-9-14-8-3-6-13(11)15-12/h1-6,8-9H,7H2/b8-3-,13-6+,14-9?. The number of aliphatic imine (C=N–C) groups is 1. The zero-order chi connectivity index (χ0) is 10.1. The predicted molar refractivity (Wildman–Crippen MR) is 61.0 cm³/mol. The van der Waals surface area contributed by atoms with Crippen LogP contribution in [0.5, 0.6) is 0 Å². The molecule has 0 radical (unpaired) electrons. The summed E-state index contributed by atoms with van der Waals surface area (Å²) in [4.78, 5) is 8.74. The van der Waals surface area contributed by atoms with E-state index in [1.807, 2.05) is 24.4 Å². The quantitative estimate of drug-likeness (QED) is 0.595. The van der Waals surface area contributed by atoms with Crippen molar-refractivity contribution in [2.45, 2.75) is 6.42 Å². The molecule has 2 heterocycles. The molecule has 1 aromatic rings. The SMILES string of the molecule is C1=N/C=C\C=C2\N=c3ccccc3=C2C1. The summed E-state index contributed by atoms with van der Waals surface area (Å²) in [6, 6.07) is 8.24. The Kier molecular flexibility index (Phi) is 1.85. The van der Waals surface area contributed by atoms with E-state index in [2.05, 4.69) is 28.2 Å². The fourth-order valence-corrected chi connectivity index (χ4v) is 1.90. The zero-order valence-electron chi connectivity index (χ0n) is 8.22. The molecule has 0 aliphatic carbocycles. The highest BCUT2D eigenvalue weighted by Crippen LogP contribution is 2.17. The van der Waals surface area contributed by atoms with Crippen LogP contribution in [0, 0.1) is 0 Å². The second-order valence-electron chi connectivity index (χ2n) is 3.54. The molecule has 72 valence electrons. The van der Waals surface area contributed by atoms with Crippen LogP contribution in [0.4, 0.5) is 0 Å². The van der Waals surface area contributed by atoms with Crippen molar-refractivity contribution in [3.63, 3.8) is 0 Å². The van der Waals surface area contributed by atoms with E-state index in [0.29, 0.717) is 0 Å². The topological polar surface area (TPSA) is 24.7 Å². The average molecular weight is 194 g/mol. The Morgan fingerprint density at radius 1 is 1.13 bits per heavy atom. The molecule has 2 aliphatic rings. The summed E-state index contributed by atoms with van der Waals surface area (Å²) >= 11 is 0. The van der Waals surface area contributed by atoms with Crippen molar-refractivity contribution >= 4 is 11.8 Å². The maximum absolute atomic E-state index is 4.59. The number of allylic oxidation sites excluding steroid dienone is 3. The van der Waals surface area contributed by atoms with E-state index >= 15 is 0 Å². The maximum Gasteiger partial charge on any atom is 0.0713 e. The van der Waals surface area contributed by atoms with E-state index in [4.69, 9.17) is 0 Å². The monoisotopic (exact) mass is 194 g/mol. The lowest BCUT2D eigenvalue weighted by Gasteiger charge is -2.00. The zero-order valence-corrected chi connectivity index (χ0v) is 8.22. The molecule has 0 aromatic heterocycles. The van der Waals surface area contributed by atoms with Gasteiger partial charge < -0.3 is 0 Å². The van der Waals surface area contributed by atoms with E-state index in [1.165, 1.54) is 10.8 Å². The first-order valence-electron chi connectivity index (χ1n) is 5.01. The van der Waals surface area contributed by atoms with Gasteiger partial charge in [-0.1, -0.05) is 18.2 Å². The predicted octanol–water partition coefficient (Wildman–Crippen LogP) is 1.34. The summed E-state index contributed by atoms with van der Waals surface area (Å²) in [5, 5.41) is 2.31. The van der Waals surface area contributed by atoms with E-state index in [9.17, 15) is 0 Å². The minimum atomic E-state index is 0.858. The molecule has 0 unspecified atom stereocenters. The number of nitrogens with zero attached hydrogens (tertiary/aromatic N) is 2. The Morgan fingerprint density at radius 3 is 3.07 bits per heavy atom. The Morgan fingerprint density at radius 2 is 2.07 bits per heavy atom. The van der Waals surface area contributed by atoms with Crippen LogP contribution in [0.25, 0.3) is 5.57 Å². The first kappa shape index (κ1) is 8.36. The molecule has 0 bridgehead atoms. The van der Waals surface area contributed by atoms with Crippen LogP contribution < -0.4 is 10.6 Å². The number of hydrogen-bond donors (Lipinski definition) is 0. The van der Waals surface area contributed by atoms with Crippen molar-refractivity contribution in [3.05, 3.63) is 58.9 Å². The summed E-state index contributed by atoms with van der Waals surface area (Å²) in [6.45, 7) is 0. The van der Waals surface area contributed by atoms with Crippen molar-refractivity contribution in [1.82, 2.24) is 0 Å². The molecule has 2 aliphatic heterocycles. The minimum absolute atomic E-state index is 0.858. The van der Waals surface area contributed by atoms with E-state index in [-0.39, 0.29) is 0 Å². The van der Waals surface area contributed by atoms with Crippen LogP contribution in [0.2, 0.25) is 0 Å². The van der Waals surface area contributed by atoms with Crippen LogP contribution in [0.1, 0.15) is 6.42 Å². The summed E-state index contributed by atoms with van der Waals surface area (Å²) in [7, 11) is 0. The highest BCUT2D eigenvalue weighted by molar-refractivity contribution is 5.80. The van der Waals surface area contributed by atoms with Gasteiger partial charge in [-0.15, -0.1) is 0 Å². The third kappa shape index (κ3) is 1.34. The lowest BCUT2D eigenvalue weighted by Crippen LogP contribution is -2.22. The number of benzene rings is 1. The van der Waals surface area contributed by atoms with Gasteiger partial charge in [-0.3, -0.25) is 4.99 Å². The number of rotatable bonds is 0. The number of para-hydroxylation sites is 1. The maximum atomic E-state index is 4.59. The van der Waals surface area contributed by atoms with Gasteiger partial charge >= 0.3 is 0 Å². The van der Waals surface area contributed by atoms with Gasteiger partial charge in [0.25, 0.3) is 0 Å². The molecule has 3 rings (SSSR count). The van der Waals surface area contributed by atoms with E-state index < -0.39 is 0 Å².